The molecule has 100 valence electrons. The van der Waals surface area contributed by atoms with Crippen LogP contribution in [0.4, 0.5) is 5.69 Å². The maximum absolute atomic E-state index is 9.02. The molecule has 0 saturated heterocycles. The Morgan fingerprint density at radius 1 is 1.28 bits per heavy atom. The van der Waals surface area contributed by atoms with Crippen LogP contribution < -0.4 is 10.5 Å². The summed E-state index contributed by atoms with van der Waals surface area (Å²) in [7, 11) is 0. The number of aliphatic hydroxyl groups excluding tert-OH is 1. The summed E-state index contributed by atoms with van der Waals surface area (Å²) in [5, 5.41) is 9.02. The van der Waals surface area contributed by atoms with Gasteiger partial charge in [-0.1, -0.05) is 0 Å². The summed E-state index contributed by atoms with van der Waals surface area (Å²) in [6, 6.07) is 0. The van der Waals surface area contributed by atoms with Crippen LogP contribution in [0.3, 0.4) is 0 Å². The molecule has 1 aliphatic rings. The second-order valence-corrected chi connectivity index (χ2v) is 5.82. The van der Waals surface area contributed by atoms with Gasteiger partial charge in [-0.15, -0.1) is 0 Å². The zero-order valence-corrected chi connectivity index (χ0v) is 11.8. The van der Waals surface area contributed by atoms with E-state index >= 15 is 0 Å². The first-order valence-corrected chi connectivity index (χ1v) is 6.57. The van der Waals surface area contributed by atoms with E-state index in [1.54, 1.807) is 0 Å². The zero-order chi connectivity index (χ0) is 13.5. The fraction of sp³-hybridized carbons (Fsp3) is 0.600. The van der Waals surface area contributed by atoms with Crippen molar-refractivity contribution in [1.82, 2.24) is 0 Å². The van der Waals surface area contributed by atoms with Gasteiger partial charge in [0.15, 0.2) is 0 Å². The van der Waals surface area contributed by atoms with Gasteiger partial charge < -0.3 is 15.6 Å². The van der Waals surface area contributed by atoms with Gasteiger partial charge in [0.25, 0.3) is 0 Å². The van der Waals surface area contributed by atoms with Crippen molar-refractivity contribution in [3.05, 3.63) is 22.3 Å². The summed E-state index contributed by atoms with van der Waals surface area (Å²) in [5.74, 6) is 1.01. The van der Waals surface area contributed by atoms with Crippen LogP contribution in [0.1, 0.15) is 42.5 Å². The molecule has 0 atom stereocenters. The molecule has 1 aromatic rings. The molecule has 0 amide bonds. The van der Waals surface area contributed by atoms with E-state index < -0.39 is 0 Å². The normalized spacial score (nSPS) is 16.5. The van der Waals surface area contributed by atoms with Crippen LogP contribution in [0.25, 0.3) is 0 Å². The third-order valence-corrected chi connectivity index (χ3v) is 3.83. The van der Waals surface area contributed by atoms with Gasteiger partial charge in [0.1, 0.15) is 11.4 Å². The summed E-state index contributed by atoms with van der Waals surface area (Å²) in [6.45, 7) is 8.53. The summed E-state index contributed by atoms with van der Waals surface area (Å²) in [6.07, 6.45) is 2.48. The van der Waals surface area contributed by atoms with Gasteiger partial charge >= 0.3 is 0 Å². The largest absolute Gasteiger partial charge is 0.487 e. The first kappa shape index (κ1) is 13.2. The van der Waals surface area contributed by atoms with Crippen molar-refractivity contribution in [2.24, 2.45) is 0 Å². The number of ether oxygens (including phenoxy) is 1. The van der Waals surface area contributed by atoms with E-state index in [2.05, 4.69) is 20.8 Å². The lowest BCUT2D eigenvalue weighted by Crippen LogP contribution is -2.25. The quantitative estimate of drug-likeness (QED) is 0.809. The number of aliphatic hydroxyl groups is 1. The predicted octanol–water partition coefficient (Wildman–Crippen LogP) is 2.52. The third-order valence-electron chi connectivity index (χ3n) is 3.83. The molecule has 0 unspecified atom stereocenters. The van der Waals surface area contributed by atoms with E-state index in [1.165, 1.54) is 11.1 Å². The minimum absolute atomic E-state index is 0.151. The molecule has 18 heavy (non-hydrogen) atoms. The zero-order valence-electron chi connectivity index (χ0n) is 11.8. The molecule has 3 heteroatoms. The smallest absolute Gasteiger partial charge is 0.127 e. The van der Waals surface area contributed by atoms with Crippen molar-refractivity contribution < 1.29 is 9.84 Å². The van der Waals surface area contributed by atoms with E-state index in [1.807, 2.05) is 6.92 Å². The van der Waals surface area contributed by atoms with Crippen molar-refractivity contribution >= 4 is 5.69 Å². The summed E-state index contributed by atoms with van der Waals surface area (Å²) < 4.78 is 6.10. The average Bonchev–Trinajstić information content (AvgIpc) is 2.62. The molecule has 1 aromatic carbocycles. The van der Waals surface area contributed by atoms with Gasteiger partial charge in [0.05, 0.1) is 0 Å². The van der Waals surface area contributed by atoms with E-state index in [0.29, 0.717) is 0 Å². The van der Waals surface area contributed by atoms with Gasteiger partial charge in [0, 0.05) is 24.3 Å². The van der Waals surface area contributed by atoms with Crippen molar-refractivity contribution in [1.29, 1.82) is 0 Å². The van der Waals surface area contributed by atoms with Crippen molar-refractivity contribution in [3.63, 3.8) is 0 Å². The molecule has 0 aliphatic carbocycles. The number of hydrogen-bond acceptors (Lipinski definition) is 3. The molecule has 3 N–H and O–H groups in total. The molecule has 0 fully saturated rings. The first-order valence-electron chi connectivity index (χ1n) is 6.57. The molecule has 0 radical (unpaired) electrons. The van der Waals surface area contributed by atoms with Crippen LogP contribution in [0, 0.1) is 13.8 Å². The van der Waals surface area contributed by atoms with Crippen LogP contribution in [-0.2, 0) is 12.8 Å². The third kappa shape index (κ3) is 2.07. The van der Waals surface area contributed by atoms with Crippen LogP contribution in [0.2, 0.25) is 0 Å². The van der Waals surface area contributed by atoms with Gasteiger partial charge in [-0.05, 0) is 57.2 Å². The predicted molar refractivity (Wildman–Crippen MR) is 74.1 cm³/mol. The molecule has 3 nitrogen and oxygen atoms in total. The van der Waals surface area contributed by atoms with E-state index in [-0.39, 0.29) is 12.2 Å². The lowest BCUT2D eigenvalue weighted by Gasteiger charge is -2.19. The van der Waals surface area contributed by atoms with Crippen molar-refractivity contribution in [2.75, 3.05) is 12.3 Å². The fourth-order valence-electron chi connectivity index (χ4n) is 2.76. The van der Waals surface area contributed by atoms with Gasteiger partial charge in [-0.3, -0.25) is 0 Å². The number of nitrogens with two attached hydrogens (primary N) is 1. The monoisotopic (exact) mass is 249 g/mol. The number of anilines is 1. The van der Waals surface area contributed by atoms with Crippen LogP contribution in [0.5, 0.6) is 5.75 Å². The highest BCUT2D eigenvalue weighted by Gasteiger charge is 2.34. The van der Waals surface area contributed by atoms with Crippen molar-refractivity contribution in [3.8, 4) is 5.75 Å². The SMILES string of the molecule is Cc1c(N)c(C)c2c(c1CCCO)OC(C)(C)C2. The number of fused-ring (bicyclic) bond motifs is 1. The summed E-state index contributed by atoms with van der Waals surface area (Å²) >= 11 is 0. The van der Waals surface area contributed by atoms with Gasteiger partial charge in [-0.25, -0.2) is 0 Å². The number of benzene rings is 1. The lowest BCUT2D eigenvalue weighted by atomic mass is 9.91. The number of nitrogen functional groups attached to an aromatic ring is 1. The second kappa shape index (κ2) is 4.47. The van der Waals surface area contributed by atoms with Crippen LogP contribution in [0.15, 0.2) is 0 Å². The Kier molecular flexibility index (Phi) is 3.28. The Labute approximate surface area is 109 Å². The number of hydrogen-bond donors (Lipinski definition) is 2. The van der Waals surface area contributed by atoms with E-state index in [4.69, 9.17) is 15.6 Å². The Morgan fingerprint density at radius 2 is 1.94 bits per heavy atom. The molecule has 2 rings (SSSR count). The molecular formula is C15H23NO2. The molecule has 1 heterocycles. The molecular weight excluding hydrogens is 226 g/mol. The number of rotatable bonds is 3. The summed E-state index contributed by atoms with van der Waals surface area (Å²) in [5.41, 5.74) is 11.6. The first-order chi connectivity index (χ1) is 8.37. The highest BCUT2D eigenvalue weighted by Crippen LogP contribution is 2.44. The molecule has 0 spiro atoms. The van der Waals surface area contributed by atoms with Crippen LogP contribution in [-0.4, -0.2) is 17.3 Å². The standard InChI is InChI=1S/C15H23NO2/c1-9-11(6-5-7-17)14-12(10(2)13(9)16)8-15(3,4)18-14/h17H,5-8,16H2,1-4H3. The van der Waals surface area contributed by atoms with Crippen molar-refractivity contribution in [2.45, 2.75) is 52.6 Å². The highest BCUT2D eigenvalue weighted by molar-refractivity contribution is 5.66. The average molecular weight is 249 g/mol. The van der Waals surface area contributed by atoms with Crippen LogP contribution >= 0.6 is 0 Å². The maximum Gasteiger partial charge on any atom is 0.127 e. The highest BCUT2D eigenvalue weighted by atomic mass is 16.5. The second-order valence-electron chi connectivity index (χ2n) is 5.82. The molecule has 0 saturated carbocycles. The Hall–Kier alpha value is -1.22. The molecule has 1 aliphatic heterocycles. The summed E-state index contributed by atoms with van der Waals surface area (Å²) in [4.78, 5) is 0. The molecule has 0 bridgehead atoms. The lowest BCUT2D eigenvalue weighted by molar-refractivity contribution is 0.137. The fourth-order valence-corrected chi connectivity index (χ4v) is 2.76. The van der Waals surface area contributed by atoms with Gasteiger partial charge in [-0.2, -0.15) is 0 Å². The Balaban J connectivity index is 2.54. The topological polar surface area (TPSA) is 55.5 Å². The van der Waals surface area contributed by atoms with E-state index in [0.717, 1.165) is 41.8 Å². The maximum atomic E-state index is 9.02. The van der Waals surface area contributed by atoms with Gasteiger partial charge in [0.2, 0.25) is 0 Å². The minimum Gasteiger partial charge on any atom is -0.487 e. The Bertz CT molecular complexity index is 478. The Morgan fingerprint density at radius 3 is 2.56 bits per heavy atom. The minimum atomic E-state index is -0.151. The molecule has 0 aromatic heterocycles. The van der Waals surface area contributed by atoms with E-state index in [9.17, 15) is 0 Å².